The van der Waals surface area contributed by atoms with Gasteiger partial charge in [0.2, 0.25) is 5.91 Å². The molecular weight excluding hydrogens is 377 g/mol. The van der Waals surface area contributed by atoms with Crippen LogP contribution < -0.4 is 15.6 Å². The summed E-state index contributed by atoms with van der Waals surface area (Å²) < 4.78 is 21.5. The molecule has 1 fully saturated rings. The third kappa shape index (κ3) is 3.59. The summed E-state index contributed by atoms with van der Waals surface area (Å²) in [4.78, 5) is 25.3. The van der Waals surface area contributed by atoms with E-state index < -0.39 is 11.9 Å². The first kappa shape index (κ1) is 19.1. The minimum Gasteiger partial charge on any atom is -0.494 e. The lowest BCUT2D eigenvalue weighted by Gasteiger charge is -2.16. The van der Waals surface area contributed by atoms with E-state index in [0.717, 1.165) is 17.5 Å². The summed E-state index contributed by atoms with van der Waals surface area (Å²) in [6, 6.07) is 4.34. The van der Waals surface area contributed by atoms with Crippen LogP contribution in [-0.4, -0.2) is 32.6 Å². The maximum Gasteiger partial charge on any atom is 0.278 e. The molecular formula is C20H22FN5O3. The molecule has 1 aromatic carbocycles. The van der Waals surface area contributed by atoms with Crippen molar-refractivity contribution in [3.8, 4) is 5.75 Å². The number of halogens is 1. The van der Waals surface area contributed by atoms with Crippen LogP contribution >= 0.6 is 0 Å². The van der Waals surface area contributed by atoms with Gasteiger partial charge in [-0.05, 0) is 44.4 Å². The van der Waals surface area contributed by atoms with Gasteiger partial charge in [-0.3, -0.25) is 14.3 Å². The number of amides is 1. The van der Waals surface area contributed by atoms with Crippen LogP contribution in [0, 0.1) is 12.7 Å². The minimum atomic E-state index is -0.471. The van der Waals surface area contributed by atoms with E-state index >= 15 is 0 Å². The highest BCUT2D eigenvalue weighted by molar-refractivity contribution is 5.81. The predicted molar refractivity (Wildman–Crippen MR) is 104 cm³/mol. The van der Waals surface area contributed by atoms with E-state index in [1.165, 1.54) is 19.2 Å². The number of nitrogens with zero attached hydrogens (tertiary/aromatic N) is 4. The van der Waals surface area contributed by atoms with E-state index in [0.29, 0.717) is 28.2 Å². The van der Waals surface area contributed by atoms with Gasteiger partial charge in [0.15, 0.2) is 11.6 Å². The normalized spacial score (nSPS) is 14.8. The van der Waals surface area contributed by atoms with E-state index in [2.05, 4.69) is 15.5 Å². The van der Waals surface area contributed by atoms with Gasteiger partial charge >= 0.3 is 0 Å². The monoisotopic (exact) mass is 399 g/mol. The second-order valence-electron chi connectivity index (χ2n) is 7.31. The molecule has 2 aromatic heterocycles. The zero-order valence-electron chi connectivity index (χ0n) is 16.5. The van der Waals surface area contributed by atoms with Crippen LogP contribution in [0.5, 0.6) is 5.75 Å². The lowest BCUT2D eigenvalue weighted by Crippen LogP contribution is -2.35. The Morgan fingerprint density at radius 2 is 2.17 bits per heavy atom. The van der Waals surface area contributed by atoms with Crippen LogP contribution in [0.15, 0.2) is 29.2 Å². The Bertz CT molecular complexity index is 1150. The van der Waals surface area contributed by atoms with Crippen LogP contribution in [0.1, 0.15) is 43.1 Å². The van der Waals surface area contributed by atoms with Crippen molar-refractivity contribution < 1.29 is 13.9 Å². The van der Waals surface area contributed by atoms with Crippen molar-refractivity contribution >= 4 is 16.8 Å². The number of hydrogen-bond acceptors (Lipinski definition) is 5. The van der Waals surface area contributed by atoms with Crippen molar-refractivity contribution in [2.75, 3.05) is 7.11 Å². The predicted octanol–water partition coefficient (Wildman–Crippen LogP) is 2.26. The molecule has 1 atom stereocenters. The highest BCUT2D eigenvalue weighted by Crippen LogP contribution is 2.36. The summed E-state index contributed by atoms with van der Waals surface area (Å²) in [6.45, 7) is 3.34. The minimum absolute atomic E-state index is 0.107. The van der Waals surface area contributed by atoms with E-state index in [1.807, 2.05) is 4.68 Å². The average Bonchev–Trinajstić information content (AvgIpc) is 3.47. The van der Waals surface area contributed by atoms with Crippen LogP contribution in [0.3, 0.4) is 0 Å². The quantitative estimate of drug-likeness (QED) is 0.687. The third-order valence-corrected chi connectivity index (χ3v) is 5.13. The second-order valence-corrected chi connectivity index (χ2v) is 7.31. The van der Waals surface area contributed by atoms with E-state index in [-0.39, 0.29) is 23.8 Å². The molecule has 1 amide bonds. The molecule has 3 aromatic rings. The van der Waals surface area contributed by atoms with Crippen molar-refractivity contribution in [1.82, 2.24) is 24.9 Å². The zero-order valence-corrected chi connectivity index (χ0v) is 16.5. The van der Waals surface area contributed by atoms with Gasteiger partial charge in [0, 0.05) is 0 Å². The van der Waals surface area contributed by atoms with Gasteiger partial charge in [-0.15, -0.1) is 0 Å². The molecule has 1 N–H and O–H groups in total. The number of carbonyl (C=O) groups is 1. The van der Waals surface area contributed by atoms with Crippen molar-refractivity contribution in [2.24, 2.45) is 0 Å². The molecule has 1 saturated carbocycles. The highest BCUT2D eigenvalue weighted by Gasteiger charge is 2.28. The van der Waals surface area contributed by atoms with Gasteiger partial charge in [-0.2, -0.15) is 10.2 Å². The van der Waals surface area contributed by atoms with Gasteiger partial charge in [0.1, 0.15) is 6.54 Å². The zero-order chi connectivity index (χ0) is 20.7. The molecule has 0 saturated heterocycles. The summed E-state index contributed by atoms with van der Waals surface area (Å²) in [7, 11) is 1.38. The first-order valence-electron chi connectivity index (χ1n) is 9.46. The number of fused-ring (bicyclic) bond motifs is 1. The summed E-state index contributed by atoms with van der Waals surface area (Å²) in [5, 5.41) is 11.9. The number of benzene rings is 1. The summed E-state index contributed by atoms with van der Waals surface area (Å²) in [5.74, 6) is -0.738. The summed E-state index contributed by atoms with van der Waals surface area (Å²) >= 11 is 0. The molecule has 1 aliphatic rings. The van der Waals surface area contributed by atoms with Crippen LogP contribution in [0.2, 0.25) is 0 Å². The van der Waals surface area contributed by atoms with Gasteiger partial charge in [0.25, 0.3) is 5.56 Å². The van der Waals surface area contributed by atoms with Crippen molar-refractivity contribution in [1.29, 1.82) is 0 Å². The SMILES string of the molecule is COc1cc([C@H](C)NC(=O)Cn2ncc3c(c(C)nn3C3CC3)c2=O)ccc1F. The fourth-order valence-electron chi connectivity index (χ4n) is 3.42. The van der Waals surface area contributed by atoms with E-state index in [1.54, 1.807) is 26.1 Å². The Morgan fingerprint density at radius 1 is 1.41 bits per heavy atom. The molecule has 0 spiro atoms. The number of carbonyl (C=O) groups excluding carboxylic acids is 1. The molecule has 9 heteroatoms. The van der Waals surface area contributed by atoms with Gasteiger partial charge < -0.3 is 10.1 Å². The van der Waals surface area contributed by atoms with Crippen LogP contribution in [0.4, 0.5) is 4.39 Å². The molecule has 0 radical (unpaired) electrons. The fraction of sp³-hybridized carbons (Fsp3) is 0.400. The number of ether oxygens (including phenoxy) is 1. The van der Waals surface area contributed by atoms with Crippen molar-refractivity contribution in [2.45, 2.75) is 45.3 Å². The molecule has 0 bridgehead atoms. The number of aromatic nitrogens is 4. The first-order valence-corrected chi connectivity index (χ1v) is 9.46. The Kier molecular flexibility index (Phi) is 4.81. The van der Waals surface area contributed by atoms with Gasteiger partial charge in [0.05, 0.1) is 42.0 Å². The summed E-state index contributed by atoms with van der Waals surface area (Å²) in [5.41, 5.74) is 1.70. The number of aryl methyl sites for hydroxylation is 1. The molecule has 0 unspecified atom stereocenters. The average molecular weight is 399 g/mol. The maximum absolute atomic E-state index is 13.6. The molecule has 152 valence electrons. The van der Waals surface area contributed by atoms with Crippen molar-refractivity contribution in [3.05, 3.63) is 51.8 Å². The van der Waals surface area contributed by atoms with Gasteiger partial charge in [-0.25, -0.2) is 9.07 Å². The summed E-state index contributed by atoms with van der Waals surface area (Å²) in [6.07, 6.45) is 3.69. The Hall–Kier alpha value is -3.23. The second kappa shape index (κ2) is 7.31. The van der Waals surface area contributed by atoms with E-state index in [9.17, 15) is 14.0 Å². The highest BCUT2D eigenvalue weighted by atomic mass is 19.1. The number of hydrogen-bond donors (Lipinski definition) is 1. The maximum atomic E-state index is 13.6. The Morgan fingerprint density at radius 3 is 2.86 bits per heavy atom. The number of rotatable bonds is 6. The molecule has 4 rings (SSSR count). The lowest BCUT2D eigenvalue weighted by atomic mass is 10.1. The Labute approximate surface area is 166 Å². The fourth-order valence-corrected chi connectivity index (χ4v) is 3.42. The topological polar surface area (TPSA) is 91.0 Å². The molecule has 1 aliphatic carbocycles. The Balaban J connectivity index is 1.52. The molecule has 2 heterocycles. The standard InChI is InChI=1S/C20H22FN5O3/c1-11(13-4-7-15(21)17(8-13)29-3)23-18(27)10-25-20(28)19-12(2)24-26(14-5-6-14)16(19)9-22-25/h4,7-9,11,14H,5-6,10H2,1-3H3,(H,23,27)/t11-/m0/s1. The first-order chi connectivity index (χ1) is 13.9. The van der Waals surface area contributed by atoms with Crippen molar-refractivity contribution in [3.63, 3.8) is 0 Å². The van der Waals surface area contributed by atoms with Crippen LogP contribution in [0.25, 0.3) is 10.9 Å². The largest absolute Gasteiger partial charge is 0.494 e. The molecule has 8 nitrogen and oxygen atoms in total. The number of methoxy groups -OCH3 is 1. The van der Waals surface area contributed by atoms with Gasteiger partial charge in [-0.1, -0.05) is 6.07 Å². The third-order valence-electron chi connectivity index (χ3n) is 5.13. The number of nitrogens with one attached hydrogen (secondary N) is 1. The molecule has 0 aliphatic heterocycles. The lowest BCUT2D eigenvalue weighted by molar-refractivity contribution is -0.122. The molecule has 29 heavy (non-hydrogen) atoms. The smallest absolute Gasteiger partial charge is 0.278 e. The van der Waals surface area contributed by atoms with E-state index in [4.69, 9.17) is 4.74 Å². The van der Waals surface area contributed by atoms with Crippen LogP contribution in [-0.2, 0) is 11.3 Å².